The first-order valence-corrected chi connectivity index (χ1v) is 8.23. The zero-order valence-corrected chi connectivity index (χ0v) is 15.0. The van der Waals surface area contributed by atoms with Crippen LogP contribution in [-0.2, 0) is 11.3 Å². The van der Waals surface area contributed by atoms with Gasteiger partial charge in [-0.3, -0.25) is 4.90 Å². The molecule has 0 radical (unpaired) electrons. The summed E-state index contributed by atoms with van der Waals surface area (Å²) >= 11 is 0. The Hall–Kier alpha value is -1.30. The van der Waals surface area contributed by atoms with Crippen molar-refractivity contribution in [1.82, 2.24) is 4.90 Å². The van der Waals surface area contributed by atoms with Crippen LogP contribution in [0.1, 0.15) is 32.8 Å². The topological polar surface area (TPSA) is 51.2 Å². The second-order valence-corrected chi connectivity index (χ2v) is 5.96. The van der Waals surface area contributed by atoms with Crippen LogP contribution in [0, 0.1) is 0 Å². The third-order valence-electron chi connectivity index (χ3n) is 3.48. The van der Waals surface area contributed by atoms with Crippen LogP contribution in [0.2, 0.25) is 0 Å². The molecular formula is C18H31NO4. The zero-order valence-electron chi connectivity index (χ0n) is 15.0. The summed E-state index contributed by atoms with van der Waals surface area (Å²) in [5.41, 5.74) is 1.13. The average Bonchev–Trinajstić information content (AvgIpc) is 2.53. The average molecular weight is 325 g/mol. The lowest BCUT2D eigenvalue weighted by molar-refractivity contribution is -0.00950. The van der Waals surface area contributed by atoms with Gasteiger partial charge in [0.2, 0.25) is 0 Å². The van der Waals surface area contributed by atoms with Crippen molar-refractivity contribution < 1.29 is 19.3 Å². The highest BCUT2D eigenvalue weighted by Crippen LogP contribution is 2.28. The molecule has 0 unspecified atom stereocenters. The minimum atomic E-state index is -0.482. The van der Waals surface area contributed by atoms with E-state index in [0.29, 0.717) is 13.2 Å². The Balaban J connectivity index is 2.67. The Bertz CT molecular complexity index is 451. The van der Waals surface area contributed by atoms with E-state index >= 15 is 0 Å². The molecule has 0 amide bonds. The van der Waals surface area contributed by atoms with Gasteiger partial charge in [-0.25, -0.2) is 0 Å². The molecule has 1 N–H and O–H groups in total. The molecule has 5 heteroatoms. The largest absolute Gasteiger partial charge is 0.493 e. The van der Waals surface area contributed by atoms with E-state index in [1.54, 1.807) is 14.2 Å². The molecule has 0 spiro atoms. The standard InChI is InChI=1S/C18H31NO4/c1-6-9-19(12-16(20)13-23-14(2)3)11-15-7-8-17(21-4)18(10-15)22-5/h7-8,10,14,16,20H,6,9,11-13H2,1-5H3/t16-/m0/s1. The highest BCUT2D eigenvalue weighted by atomic mass is 16.5. The molecule has 0 aromatic heterocycles. The molecule has 1 aromatic carbocycles. The van der Waals surface area contributed by atoms with Gasteiger partial charge in [0.05, 0.1) is 33.0 Å². The molecule has 0 saturated heterocycles. The fraction of sp³-hybridized carbons (Fsp3) is 0.667. The Kier molecular flexibility index (Phi) is 8.99. The summed E-state index contributed by atoms with van der Waals surface area (Å²) in [6.45, 7) is 8.72. The van der Waals surface area contributed by atoms with E-state index in [9.17, 15) is 5.11 Å². The van der Waals surface area contributed by atoms with Gasteiger partial charge in [-0.1, -0.05) is 13.0 Å². The van der Waals surface area contributed by atoms with Crippen LogP contribution < -0.4 is 9.47 Å². The Labute approximate surface area is 140 Å². The molecule has 1 rings (SSSR count). The fourth-order valence-corrected chi connectivity index (χ4v) is 2.44. The van der Waals surface area contributed by atoms with Crippen molar-refractivity contribution >= 4 is 0 Å². The molecule has 23 heavy (non-hydrogen) atoms. The third-order valence-corrected chi connectivity index (χ3v) is 3.48. The highest BCUT2D eigenvalue weighted by Gasteiger charge is 2.14. The number of nitrogens with zero attached hydrogens (tertiary/aromatic N) is 1. The summed E-state index contributed by atoms with van der Waals surface area (Å²) in [4.78, 5) is 2.23. The number of aliphatic hydroxyl groups is 1. The second kappa shape index (κ2) is 10.5. The van der Waals surface area contributed by atoms with Gasteiger partial charge in [0.1, 0.15) is 0 Å². The van der Waals surface area contributed by atoms with Crippen molar-refractivity contribution in [2.75, 3.05) is 33.9 Å². The minimum absolute atomic E-state index is 0.134. The summed E-state index contributed by atoms with van der Waals surface area (Å²) in [5.74, 6) is 1.45. The lowest BCUT2D eigenvalue weighted by Gasteiger charge is -2.25. The molecule has 1 atom stereocenters. The maximum atomic E-state index is 10.1. The third kappa shape index (κ3) is 7.20. The van der Waals surface area contributed by atoms with E-state index in [2.05, 4.69) is 11.8 Å². The summed E-state index contributed by atoms with van der Waals surface area (Å²) in [5, 5.41) is 10.1. The van der Waals surface area contributed by atoms with Crippen molar-refractivity contribution in [2.45, 2.75) is 45.9 Å². The smallest absolute Gasteiger partial charge is 0.161 e. The van der Waals surface area contributed by atoms with E-state index in [0.717, 1.165) is 36.6 Å². The number of methoxy groups -OCH3 is 2. The van der Waals surface area contributed by atoms with Crippen molar-refractivity contribution in [3.8, 4) is 11.5 Å². The van der Waals surface area contributed by atoms with Gasteiger partial charge >= 0.3 is 0 Å². The quantitative estimate of drug-likeness (QED) is 0.678. The van der Waals surface area contributed by atoms with Crippen LogP contribution in [0.15, 0.2) is 18.2 Å². The molecule has 1 aromatic rings. The predicted octanol–water partition coefficient (Wildman–Crippen LogP) is 2.70. The molecule has 5 nitrogen and oxygen atoms in total. The van der Waals surface area contributed by atoms with Crippen LogP contribution >= 0.6 is 0 Å². The normalized spacial score (nSPS) is 12.7. The number of rotatable bonds is 11. The maximum Gasteiger partial charge on any atom is 0.161 e. The van der Waals surface area contributed by atoms with Gasteiger partial charge in [-0.2, -0.15) is 0 Å². The zero-order chi connectivity index (χ0) is 17.2. The van der Waals surface area contributed by atoms with Gasteiger partial charge in [-0.15, -0.1) is 0 Å². The molecular weight excluding hydrogens is 294 g/mol. The fourth-order valence-electron chi connectivity index (χ4n) is 2.44. The summed E-state index contributed by atoms with van der Waals surface area (Å²) in [6.07, 6.45) is 0.685. The van der Waals surface area contributed by atoms with E-state index < -0.39 is 6.10 Å². The number of hydrogen-bond donors (Lipinski definition) is 1. The summed E-state index contributed by atoms with van der Waals surface area (Å²) in [6, 6.07) is 5.93. The number of hydrogen-bond acceptors (Lipinski definition) is 5. The SMILES string of the molecule is CCCN(Cc1ccc(OC)c(OC)c1)C[C@H](O)COC(C)C. The van der Waals surface area contributed by atoms with Crippen LogP contribution in [0.5, 0.6) is 11.5 Å². The van der Waals surface area contributed by atoms with Gasteiger partial charge < -0.3 is 19.3 Å². The first-order chi connectivity index (χ1) is 11.0. The molecule has 0 saturated carbocycles. The Morgan fingerprint density at radius 3 is 2.39 bits per heavy atom. The van der Waals surface area contributed by atoms with Gasteiger partial charge in [0, 0.05) is 13.1 Å². The van der Waals surface area contributed by atoms with Crippen molar-refractivity contribution in [3.63, 3.8) is 0 Å². The highest BCUT2D eigenvalue weighted by molar-refractivity contribution is 5.42. The molecule has 0 fully saturated rings. The first-order valence-electron chi connectivity index (χ1n) is 8.23. The number of aliphatic hydroxyl groups excluding tert-OH is 1. The van der Waals surface area contributed by atoms with Crippen molar-refractivity contribution in [1.29, 1.82) is 0 Å². The lowest BCUT2D eigenvalue weighted by Crippen LogP contribution is -2.35. The molecule has 0 aliphatic rings. The summed E-state index contributed by atoms with van der Waals surface area (Å²) in [7, 11) is 3.27. The Morgan fingerprint density at radius 2 is 1.83 bits per heavy atom. The maximum absolute atomic E-state index is 10.1. The monoisotopic (exact) mass is 325 g/mol. The molecule has 0 aliphatic heterocycles. The predicted molar refractivity (Wildman–Crippen MR) is 92.2 cm³/mol. The van der Waals surface area contributed by atoms with Crippen LogP contribution in [0.25, 0.3) is 0 Å². The number of benzene rings is 1. The lowest BCUT2D eigenvalue weighted by atomic mass is 10.1. The van der Waals surface area contributed by atoms with Gasteiger partial charge in [-0.05, 0) is 44.5 Å². The van der Waals surface area contributed by atoms with E-state index in [-0.39, 0.29) is 6.10 Å². The van der Waals surface area contributed by atoms with Crippen LogP contribution in [0.4, 0.5) is 0 Å². The van der Waals surface area contributed by atoms with Crippen molar-refractivity contribution in [3.05, 3.63) is 23.8 Å². The van der Waals surface area contributed by atoms with Gasteiger partial charge in [0.15, 0.2) is 11.5 Å². The second-order valence-electron chi connectivity index (χ2n) is 5.96. The van der Waals surface area contributed by atoms with Crippen LogP contribution in [-0.4, -0.2) is 56.1 Å². The Morgan fingerprint density at radius 1 is 1.13 bits per heavy atom. The first kappa shape index (κ1) is 19.7. The van der Waals surface area contributed by atoms with Crippen molar-refractivity contribution in [2.24, 2.45) is 0 Å². The van der Waals surface area contributed by atoms with E-state index in [1.807, 2.05) is 32.0 Å². The molecule has 132 valence electrons. The molecule has 0 bridgehead atoms. The number of ether oxygens (including phenoxy) is 3. The van der Waals surface area contributed by atoms with E-state index in [4.69, 9.17) is 14.2 Å². The molecule has 0 heterocycles. The minimum Gasteiger partial charge on any atom is -0.493 e. The molecule has 0 aliphatic carbocycles. The van der Waals surface area contributed by atoms with Gasteiger partial charge in [0.25, 0.3) is 0 Å². The van der Waals surface area contributed by atoms with Crippen LogP contribution in [0.3, 0.4) is 0 Å². The van der Waals surface area contributed by atoms with E-state index in [1.165, 1.54) is 0 Å². The summed E-state index contributed by atoms with van der Waals surface area (Å²) < 4.78 is 16.1.